The Morgan fingerprint density at radius 1 is 1.21 bits per heavy atom. The van der Waals surface area contributed by atoms with Gasteiger partial charge in [-0.25, -0.2) is 0 Å². The summed E-state index contributed by atoms with van der Waals surface area (Å²) >= 11 is 0. The molecule has 0 saturated carbocycles. The molecule has 24 heavy (non-hydrogen) atoms. The highest BCUT2D eigenvalue weighted by molar-refractivity contribution is 5.67. The molecular weight excluding hydrogens is 308 g/mol. The molecule has 5 heteroatoms. The molecular formula is C19H20O5. The quantitative estimate of drug-likeness (QED) is 0.483. The van der Waals surface area contributed by atoms with Crippen molar-refractivity contribution in [1.29, 1.82) is 0 Å². The van der Waals surface area contributed by atoms with Gasteiger partial charge in [-0.1, -0.05) is 24.0 Å². The third kappa shape index (κ3) is 5.56. The summed E-state index contributed by atoms with van der Waals surface area (Å²) in [5.74, 6) is 5.23. The lowest BCUT2D eigenvalue weighted by Gasteiger charge is -2.29. The zero-order valence-corrected chi connectivity index (χ0v) is 13.9. The number of esters is 2. The molecule has 0 spiro atoms. The Morgan fingerprint density at radius 3 is 2.67 bits per heavy atom. The molecule has 0 aliphatic carbocycles. The van der Waals surface area contributed by atoms with Gasteiger partial charge in [0.1, 0.15) is 24.9 Å². The van der Waals surface area contributed by atoms with E-state index in [0.717, 1.165) is 11.1 Å². The molecule has 0 bridgehead atoms. The van der Waals surface area contributed by atoms with Crippen molar-refractivity contribution in [1.82, 2.24) is 0 Å². The second-order valence-corrected chi connectivity index (χ2v) is 5.50. The molecule has 0 N–H and O–H groups in total. The third-order valence-corrected chi connectivity index (χ3v) is 3.29. The normalized spacial score (nSPS) is 22.2. The van der Waals surface area contributed by atoms with Crippen LogP contribution >= 0.6 is 0 Å². The fourth-order valence-electron chi connectivity index (χ4n) is 2.25. The summed E-state index contributed by atoms with van der Waals surface area (Å²) in [6, 6.07) is 7.85. The number of aryl methyl sites for hydroxylation is 1. The average Bonchev–Trinajstić information content (AvgIpc) is 2.52. The summed E-state index contributed by atoms with van der Waals surface area (Å²) in [6.07, 6.45) is 1.81. The van der Waals surface area contributed by atoms with E-state index in [-0.39, 0.29) is 6.61 Å². The van der Waals surface area contributed by atoms with Gasteiger partial charge in [-0.2, -0.15) is 0 Å². The van der Waals surface area contributed by atoms with Crippen LogP contribution in [0.3, 0.4) is 0 Å². The molecule has 1 aromatic carbocycles. The van der Waals surface area contributed by atoms with Gasteiger partial charge in [0.25, 0.3) is 0 Å². The molecule has 0 amide bonds. The summed E-state index contributed by atoms with van der Waals surface area (Å²) in [7, 11) is 0. The minimum Gasteiger partial charge on any atom is -0.463 e. The molecule has 0 unspecified atom stereocenters. The lowest BCUT2D eigenvalue weighted by molar-refractivity contribution is -0.161. The van der Waals surface area contributed by atoms with E-state index >= 15 is 0 Å². The standard InChI is InChI=1S/C19H20O5/c1-13-5-4-6-16(11-13)7-8-17-9-10-18(23-15(3)21)19(24-17)12-22-14(2)20/h4-6,9-11,17-19H,12H2,1-3H3/t17-,18+,19-/m1/s1. The Hall–Kier alpha value is -2.58. The van der Waals surface area contributed by atoms with Crippen molar-refractivity contribution in [2.75, 3.05) is 6.61 Å². The van der Waals surface area contributed by atoms with E-state index in [4.69, 9.17) is 14.2 Å². The Bertz CT molecular complexity index is 695. The van der Waals surface area contributed by atoms with Crippen molar-refractivity contribution >= 4 is 11.9 Å². The molecule has 2 rings (SSSR count). The summed E-state index contributed by atoms with van der Waals surface area (Å²) in [4.78, 5) is 22.2. The number of hydrogen-bond acceptors (Lipinski definition) is 5. The first-order valence-corrected chi connectivity index (χ1v) is 7.66. The van der Waals surface area contributed by atoms with Crippen molar-refractivity contribution < 1.29 is 23.8 Å². The fraction of sp³-hybridized carbons (Fsp3) is 0.368. The smallest absolute Gasteiger partial charge is 0.303 e. The van der Waals surface area contributed by atoms with Gasteiger partial charge in [0, 0.05) is 19.4 Å². The van der Waals surface area contributed by atoms with Gasteiger partial charge in [0.2, 0.25) is 0 Å². The van der Waals surface area contributed by atoms with Crippen LogP contribution in [0.5, 0.6) is 0 Å². The van der Waals surface area contributed by atoms with E-state index in [1.165, 1.54) is 13.8 Å². The van der Waals surface area contributed by atoms with Crippen LogP contribution in [0.15, 0.2) is 36.4 Å². The van der Waals surface area contributed by atoms with Gasteiger partial charge >= 0.3 is 11.9 Å². The van der Waals surface area contributed by atoms with E-state index in [0.29, 0.717) is 0 Å². The van der Waals surface area contributed by atoms with E-state index < -0.39 is 30.3 Å². The van der Waals surface area contributed by atoms with Crippen LogP contribution < -0.4 is 0 Å². The minimum absolute atomic E-state index is 0.000243. The zero-order chi connectivity index (χ0) is 17.5. The Morgan fingerprint density at radius 2 is 2.00 bits per heavy atom. The van der Waals surface area contributed by atoms with Crippen molar-refractivity contribution in [3.63, 3.8) is 0 Å². The van der Waals surface area contributed by atoms with E-state index in [2.05, 4.69) is 11.8 Å². The molecule has 1 aliphatic rings. The van der Waals surface area contributed by atoms with Gasteiger partial charge in [-0.05, 0) is 36.8 Å². The van der Waals surface area contributed by atoms with Crippen LogP contribution in [0.1, 0.15) is 25.0 Å². The van der Waals surface area contributed by atoms with Gasteiger partial charge in [-0.3, -0.25) is 9.59 Å². The first-order valence-electron chi connectivity index (χ1n) is 7.66. The van der Waals surface area contributed by atoms with Crippen LogP contribution in [-0.4, -0.2) is 36.9 Å². The lowest BCUT2D eigenvalue weighted by atomic mass is 10.1. The van der Waals surface area contributed by atoms with Gasteiger partial charge < -0.3 is 14.2 Å². The van der Waals surface area contributed by atoms with Gasteiger partial charge in [0.15, 0.2) is 0 Å². The van der Waals surface area contributed by atoms with Crippen LogP contribution in [0.2, 0.25) is 0 Å². The number of benzene rings is 1. The maximum Gasteiger partial charge on any atom is 0.303 e. The SMILES string of the molecule is CC(=O)OC[C@H]1O[C@H](C#Cc2cccc(C)c2)C=C[C@@H]1OC(C)=O. The molecule has 0 fully saturated rings. The molecule has 126 valence electrons. The summed E-state index contributed by atoms with van der Waals surface area (Å²) in [5, 5.41) is 0. The van der Waals surface area contributed by atoms with Gasteiger partial charge in [0.05, 0.1) is 0 Å². The largest absolute Gasteiger partial charge is 0.463 e. The van der Waals surface area contributed by atoms with E-state index in [9.17, 15) is 9.59 Å². The number of rotatable bonds is 3. The van der Waals surface area contributed by atoms with Crippen LogP contribution in [0.25, 0.3) is 0 Å². The first-order chi connectivity index (χ1) is 11.4. The first kappa shape index (κ1) is 17.8. The number of hydrogen-bond donors (Lipinski definition) is 0. The Kier molecular flexibility index (Phi) is 6.16. The van der Waals surface area contributed by atoms with E-state index in [1.54, 1.807) is 12.2 Å². The third-order valence-electron chi connectivity index (χ3n) is 3.29. The monoisotopic (exact) mass is 328 g/mol. The van der Waals surface area contributed by atoms with Gasteiger partial charge in [-0.15, -0.1) is 0 Å². The second kappa shape index (κ2) is 8.32. The van der Waals surface area contributed by atoms with Crippen LogP contribution in [0, 0.1) is 18.8 Å². The summed E-state index contributed by atoms with van der Waals surface area (Å²) in [6.45, 7) is 4.64. The lowest BCUT2D eigenvalue weighted by Crippen LogP contribution is -2.41. The fourth-order valence-corrected chi connectivity index (χ4v) is 2.25. The molecule has 0 saturated heterocycles. The zero-order valence-electron chi connectivity index (χ0n) is 13.9. The Balaban J connectivity index is 2.10. The molecule has 3 atom stereocenters. The number of ether oxygens (including phenoxy) is 3. The predicted octanol–water partition coefficient (Wildman–Crippen LogP) is 2.16. The maximum absolute atomic E-state index is 11.2. The van der Waals surface area contributed by atoms with Crippen molar-refractivity contribution in [2.45, 2.75) is 39.1 Å². The average molecular weight is 328 g/mol. The minimum atomic E-state index is -0.598. The maximum atomic E-state index is 11.2. The topological polar surface area (TPSA) is 61.8 Å². The summed E-state index contributed by atoms with van der Waals surface area (Å²) < 4.78 is 15.9. The summed E-state index contributed by atoms with van der Waals surface area (Å²) in [5.41, 5.74) is 2.02. The van der Waals surface area contributed by atoms with Crippen LogP contribution in [0.4, 0.5) is 0 Å². The highest BCUT2D eigenvalue weighted by Gasteiger charge is 2.29. The molecule has 0 aromatic heterocycles. The Labute approximate surface area is 141 Å². The number of carbonyl (C=O) groups is 2. The van der Waals surface area contributed by atoms with Crippen molar-refractivity contribution in [3.05, 3.63) is 47.5 Å². The highest BCUT2D eigenvalue weighted by Crippen LogP contribution is 2.17. The molecule has 1 heterocycles. The highest BCUT2D eigenvalue weighted by atomic mass is 16.6. The predicted molar refractivity (Wildman–Crippen MR) is 88.0 cm³/mol. The van der Waals surface area contributed by atoms with E-state index in [1.807, 2.05) is 31.2 Å². The molecule has 1 aliphatic heterocycles. The molecule has 0 radical (unpaired) electrons. The number of carbonyl (C=O) groups excluding carboxylic acids is 2. The van der Waals surface area contributed by atoms with Crippen molar-refractivity contribution in [2.24, 2.45) is 0 Å². The van der Waals surface area contributed by atoms with Crippen LogP contribution in [-0.2, 0) is 23.8 Å². The molecule has 5 nitrogen and oxygen atoms in total. The molecule has 1 aromatic rings. The second-order valence-electron chi connectivity index (χ2n) is 5.50. The van der Waals surface area contributed by atoms with Crippen molar-refractivity contribution in [3.8, 4) is 11.8 Å².